The van der Waals surface area contributed by atoms with E-state index in [-0.39, 0.29) is 5.91 Å². The van der Waals surface area contributed by atoms with E-state index < -0.39 is 0 Å². The zero-order valence-electron chi connectivity index (χ0n) is 9.36. The van der Waals surface area contributed by atoms with Gasteiger partial charge in [-0.2, -0.15) is 0 Å². The van der Waals surface area contributed by atoms with Crippen molar-refractivity contribution in [2.45, 2.75) is 26.2 Å². The number of carbonyl (C=O) groups is 1. The fourth-order valence-electron chi connectivity index (χ4n) is 1.96. The zero-order valence-corrected chi connectivity index (χ0v) is 9.36. The van der Waals surface area contributed by atoms with Crippen molar-refractivity contribution < 1.29 is 4.79 Å². The Morgan fingerprint density at radius 2 is 1.93 bits per heavy atom. The van der Waals surface area contributed by atoms with Gasteiger partial charge in [-0.1, -0.05) is 36.8 Å². The third kappa shape index (κ3) is 2.04. The lowest BCUT2D eigenvalue weighted by atomic mass is 9.91. The average Bonchev–Trinajstić information content (AvgIpc) is 2.18. The predicted octanol–water partition coefficient (Wildman–Crippen LogP) is 2.33. The first-order chi connectivity index (χ1) is 7.20. The number of hydrogen-bond donors (Lipinski definition) is 0. The van der Waals surface area contributed by atoms with Crippen molar-refractivity contribution in [3.05, 3.63) is 35.4 Å². The van der Waals surface area contributed by atoms with Gasteiger partial charge in [-0.25, -0.2) is 0 Å². The quantitative estimate of drug-likeness (QED) is 0.722. The first-order valence-corrected chi connectivity index (χ1v) is 5.55. The molecule has 0 aliphatic carbocycles. The summed E-state index contributed by atoms with van der Waals surface area (Å²) in [5.41, 5.74) is 2.65. The molecule has 15 heavy (non-hydrogen) atoms. The van der Waals surface area contributed by atoms with Gasteiger partial charge in [-0.15, -0.1) is 0 Å². The third-order valence-electron chi connectivity index (χ3n) is 3.09. The Balaban J connectivity index is 1.94. The average molecular weight is 203 g/mol. The van der Waals surface area contributed by atoms with Crippen LogP contribution in [0.5, 0.6) is 0 Å². The molecule has 1 heterocycles. The summed E-state index contributed by atoms with van der Waals surface area (Å²) in [6.45, 7) is 5.81. The maximum absolute atomic E-state index is 11.4. The standard InChI is InChI=1S/C13H17NO/c1-3-13(15)14-8-12(9-14)11-6-4-10(2)5-7-11/h4-7,12H,3,8-9H2,1-2H3. The van der Waals surface area contributed by atoms with Gasteiger partial charge in [0.1, 0.15) is 0 Å². The van der Waals surface area contributed by atoms with E-state index in [0.29, 0.717) is 12.3 Å². The Labute approximate surface area is 90.9 Å². The number of carbonyl (C=O) groups excluding carboxylic acids is 1. The fraction of sp³-hybridized carbons (Fsp3) is 0.462. The topological polar surface area (TPSA) is 20.3 Å². The molecular weight excluding hydrogens is 186 g/mol. The van der Waals surface area contributed by atoms with Crippen LogP contribution in [0.4, 0.5) is 0 Å². The van der Waals surface area contributed by atoms with E-state index in [0.717, 1.165) is 13.1 Å². The first kappa shape index (κ1) is 10.2. The number of aryl methyl sites for hydroxylation is 1. The maximum Gasteiger partial charge on any atom is 0.222 e. The van der Waals surface area contributed by atoms with Crippen LogP contribution in [0.1, 0.15) is 30.4 Å². The molecule has 1 amide bonds. The Kier molecular flexibility index (Phi) is 2.76. The molecule has 1 aromatic rings. The van der Waals surface area contributed by atoms with Crippen molar-refractivity contribution >= 4 is 5.91 Å². The molecule has 0 radical (unpaired) electrons. The van der Waals surface area contributed by atoms with Crippen LogP contribution in [-0.2, 0) is 4.79 Å². The lowest BCUT2D eigenvalue weighted by molar-refractivity contribution is -0.135. The molecule has 1 aliphatic rings. The highest BCUT2D eigenvalue weighted by Gasteiger charge is 2.30. The summed E-state index contributed by atoms with van der Waals surface area (Å²) in [5.74, 6) is 0.833. The van der Waals surface area contributed by atoms with Crippen molar-refractivity contribution in [3.8, 4) is 0 Å². The van der Waals surface area contributed by atoms with Crippen LogP contribution < -0.4 is 0 Å². The van der Waals surface area contributed by atoms with Crippen molar-refractivity contribution in [2.75, 3.05) is 13.1 Å². The van der Waals surface area contributed by atoms with E-state index in [1.54, 1.807) is 0 Å². The molecule has 0 aromatic heterocycles. The second-order valence-corrected chi connectivity index (χ2v) is 4.26. The molecule has 0 atom stereocenters. The van der Waals surface area contributed by atoms with E-state index in [4.69, 9.17) is 0 Å². The summed E-state index contributed by atoms with van der Waals surface area (Å²) in [7, 11) is 0. The van der Waals surface area contributed by atoms with Crippen LogP contribution in [0.2, 0.25) is 0 Å². The number of hydrogen-bond acceptors (Lipinski definition) is 1. The van der Waals surface area contributed by atoms with Crippen LogP contribution in [0, 0.1) is 6.92 Å². The first-order valence-electron chi connectivity index (χ1n) is 5.55. The summed E-state index contributed by atoms with van der Waals surface area (Å²) in [6.07, 6.45) is 0.626. The van der Waals surface area contributed by atoms with E-state index in [2.05, 4.69) is 31.2 Å². The highest BCUT2D eigenvalue weighted by molar-refractivity contribution is 5.77. The van der Waals surface area contributed by atoms with Crippen LogP contribution in [-0.4, -0.2) is 23.9 Å². The minimum Gasteiger partial charge on any atom is -0.341 e. The number of rotatable bonds is 2. The number of amides is 1. The Bertz CT molecular complexity index is 349. The second-order valence-electron chi connectivity index (χ2n) is 4.26. The molecule has 0 unspecified atom stereocenters. The number of nitrogens with zero attached hydrogens (tertiary/aromatic N) is 1. The molecule has 1 saturated heterocycles. The molecule has 2 rings (SSSR count). The van der Waals surface area contributed by atoms with Crippen LogP contribution in [0.25, 0.3) is 0 Å². The lowest BCUT2D eigenvalue weighted by Gasteiger charge is -2.39. The normalized spacial score (nSPS) is 16.3. The van der Waals surface area contributed by atoms with Gasteiger partial charge in [0.15, 0.2) is 0 Å². The Morgan fingerprint density at radius 3 is 2.47 bits per heavy atom. The van der Waals surface area contributed by atoms with E-state index in [9.17, 15) is 4.79 Å². The molecule has 0 saturated carbocycles. The van der Waals surface area contributed by atoms with Crippen molar-refractivity contribution in [2.24, 2.45) is 0 Å². The van der Waals surface area contributed by atoms with Gasteiger partial charge in [0.05, 0.1) is 0 Å². The van der Waals surface area contributed by atoms with Gasteiger partial charge in [0.2, 0.25) is 5.91 Å². The maximum atomic E-state index is 11.4. The molecule has 0 N–H and O–H groups in total. The van der Waals surface area contributed by atoms with Crippen molar-refractivity contribution in [1.82, 2.24) is 4.90 Å². The Hall–Kier alpha value is -1.31. The monoisotopic (exact) mass is 203 g/mol. The molecule has 1 fully saturated rings. The Morgan fingerprint density at radius 1 is 1.33 bits per heavy atom. The van der Waals surface area contributed by atoms with E-state index in [1.165, 1.54) is 11.1 Å². The predicted molar refractivity (Wildman–Crippen MR) is 60.8 cm³/mol. The van der Waals surface area contributed by atoms with Gasteiger partial charge < -0.3 is 4.90 Å². The zero-order chi connectivity index (χ0) is 10.8. The minimum absolute atomic E-state index is 0.276. The highest BCUT2D eigenvalue weighted by atomic mass is 16.2. The molecular formula is C13H17NO. The third-order valence-corrected chi connectivity index (χ3v) is 3.09. The molecule has 80 valence electrons. The SMILES string of the molecule is CCC(=O)N1CC(c2ccc(C)cc2)C1. The molecule has 0 bridgehead atoms. The molecule has 2 nitrogen and oxygen atoms in total. The van der Waals surface area contributed by atoms with Crippen molar-refractivity contribution in [3.63, 3.8) is 0 Å². The summed E-state index contributed by atoms with van der Waals surface area (Å²) >= 11 is 0. The largest absolute Gasteiger partial charge is 0.341 e. The fourth-order valence-corrected chi connectivity index (χ4v) is 1.96. The van der Waals surface area contributed by atoms with Crippen LogP contribution in [0.15, 0.2) is 24.3 Å². The summed E-state index contributed by atoms with van der Waals surface area (Å²) in [6, 6.07) is 8.63. The molecule has 1 aromatic carbocycles. The van der Waals surface area contributed by atoms with Crippen LogP contribution >= 0.6 is 0 Å². The lowest BCUT2D eigenvalue weighted by Crippen LogP contribution is -2.48. The molecule has 1 aliphatic heterocycles. The molecule has 0 spiro atoms. The van der Waals surface area contributed by atoms with Gasteiger partial charge in [-0.05, 0) is 12.5 Å². The minimum atomic E-state index is 0.276. The summed E-state index contributed by atoms with van der Waals surface area (Å²) in [4.78, 5) is 13.3. The van der Waals surface area contributed by atoms with Crippen LogP contribution in [0.3, 0.4) is 0 Å². The van der Waals surface area contributed by atoms with Gasteiger partial charge >= 0.3 is 0 Å². The second kappa shape index (κ2) is 4.05. The summed E-state index contributed by atoms with van der Waals surface area (Å²) in [5, 5.41) is 0. The van der Waals surface area contributed by atoms with Gasteiger partial charge in [0, 0.05) is 25.4 Å². The summed E-state index contributed by atoms with van der Waals surface area (Å²) < 4.78 is 0. The van der Waals surface area contributed by atoms with Crippen molar-refractivity contribution in [1.29, 1.82) is 0 Å². The number of likely N-dealkylation sites (tertiary alicyclic amines) is 1. The van der Waals surface area contributed by atoms with E-state index in [1.807, 2.05) is 11.8 Å². The van der Waals surface area contributed by atoms with Gasteiger partial charge in [0.25, 0.3) is 0 Å². The smallest absolute Gasteiger partial charge is 0.222 e. The molecule has 2 heteroatoms. The highest BCUT2D eigenvalue weighted by Crippen LogP contribution is 2.27. The van der Waals surface area contributed by atoms with E-state index >= 15 is 0 Å². The van der Waals surface area contributed by atoms with Gasteiger partial charge in [-0.3, -0.25) is 4.79 Å². The number of benzene rings is 1.